The third kappa shape index (κ3) is 4.06. The van der Waals surface area contributed by atoms with Gasteiger partial charge >= 0.3 is 0 Å². The van der Waals surface area contributed by atoms with E-state index in [9.17, 15) is 0 Å². The second-order valence-electron chi connectivity index (χ2n) is 7.35. The molecule has 0 bridgehead atoms. The number of aryl methyl sites for hydroxylation is 1. The number of nitrogens with zero attached hydrogens (tertiary/aromatic N) is 4. The Balaban J connectivity index is 1.53. The summed E-state index contributed by atoms with van der Waals surface area (Å²) in [5, 5.41) is 4.37. The number of morpholine rings is 1. The van der Waals surface area contributed by atoms with E-state index in [1.54, 1.807) is 0 Å². The van der Waals surface area contributed by atoms with Crippen molar-refractivity contribution in [2.75, 3.05) is 39.4 Å². The van der Waals surface area contributed by atoms with Crippen LogP contribution in [0, 0.1) is 0 Å². The van der Waals surface area contributed by atoms with Crippen molar-refractivity contribution >= 4 is 17.3 Å². The lowest BCUT2D eigenvalue weighted by atomic mass is 10.0. The Kier molecular flexibility index (Phi) is 6.24. The van der Waals surface area contributed by atoms with Crippen LogP contribution in [-0.4, -0.2) is 63.9 Å². The van der Waals surface area contributed by atoms with Gasteiger partial charge < -0.3 is 19.5 Å². The average Bonchev–Trinajstić information content (AvgIpc) is 3.33. The van der Waals surface area contributed by atoms with Crippen LogP contribution in [0.15, 0.2) is 42.7 Å². The summed E-state index contributed by atoms with van der Waals surface area (Å²) in [6.45, 7) is 8.90. The smallest absolute Gasteiger partial charge is 0.170 e. The van der Waals surface area contributed by atoms with Crippen LogP contribution >= 0.6 is 12.2 Å². The second kappa shape index (κ2) is 9.03. The Morgan fingerprint density at radius 3 is 2.79 bits per heavy atom. The van der Waals surface area contributed by atoms with E-state index >= 15 is 0 Å². The fraction of sp³-hybridized carbons (Fsp3) is 0.524. The summed E-state index contributed by atoms with van der Waals surface area (Å²) in [4.78, 5) is 9.46. The lowest BCUT2D eigenvalue weighted by Crippen LogP contribution is -2.39. The summed E-state index contributed by atoms with van der Waals surface area (Å²) < 4.78 is 7.77. The highest BCUT2D eigenvalue weighted by molar-refractivity contribution is 7.80. The van der Waals surface area contributed by atoms with Gasteiger partial charge in [-0.3, -0.25) is 9.88 Å². The maximum Gasteiger partial charge on any atom is 0.170 e. The summed E-state index contributed by atoms with van der Waals surface area (Å²) in [5.41, 5.74) is 2.33. The van der Waals surface area contributed by atoms with E-state index in [4.69, 9.17) is 17.0 Å². The lowest BCUT2D eigenvalue weighted by molar-refractivity contribution is 0.0365. The van der Waals surface area contributed by atoms with Crippen LogP contribution in [0.4, 0.5) is 0 Å². The Hall–Kier alpha value is -1.96. The molecule has 6 nitrogen and oxygen atoms in total. The number of hydrogen-bond donors (Lipinski definition) is 1. The number of nitrogens with one attached hydrogen (secondary N) is 1. The van der Waals surface area contributed by atoms with Crippen molar-refractivity contribution in [2.45, 2.75) is 32.0 Å². The fourth-order valence-electron chi connectivity index (χ4n) is 4.24. The maximum atomic E-state index is 5.76. The molecule has 2 aromatic rings. The molecular weight excluding hydrogens is 370 g/mol. The van der Waals surface area contributed by atoms with E-state index in [0.29, 0.717) is 0 Å². The monoisotopic (exact) mass is 399 g/mol. The molecule has 0 aliphatic carbocycles. The van der Waals surface area contributed by atoms with Gasteiger partial charge in [0.05, 0.1) is 31.0 Å². The average molecular weight is 400 g/mol. The van der Waals surface area contributed by atoms with Crippen molar-refractivity contribution in [1.82, 2.24) is 24.7 Å². The predicted octanol–water partition coefficient (Wildman–Crippen LogP) is 2.60. The third-order valence-corrected chi connectivity index (χ3v) is 6.04. The highest BCUT2D eigenvalue weighted by Crippen LogP contribution is 2.38. The van der Waals surface area contributed by atoms with E-state index < -0.39 is 0 Å². The minimum Gasteiger partial charge on any atom is -0.379 e. The van der Waals surface area contributed by atoms with Crippen molar-refractivity contribution in [1.29, 1.82) is 0 Å². The zero-order valence-corrected chi connectivity index (χ0v) is 17.3. The Bertz CT molecular complexity index is 774. The van der Waals surface area contributed by atoms with Gasteiger partial charge in [-0.05, 0) is 49.8 Å². The highest BCUT2D eigenvalue weighted by atomic mass is 32.1. The molecule has 2 fully saturated rings. The normalized spacial score (nSPS) is 23.2. The summed E-state index contributed by atoms with van der Waals surface area (Å²) in [6, 6.07) is 10.7. The number of thiocarbonyl (C=S) groups is 1. The molecule has 0 aromatic carbocycles. The molecule has 2 saturated heterocycles. The molecule has 7 heteroatoms. The first-order valence-corrected chi connectivity index (χ1v) is 10.6. The summed E-state index contributed by atoms with van der Waals surface area (Å²) in [5.74, 6) is 0. The highest BCUT2D eigenvalue weighted by Gasteiger charge is 2.40. The van der Waals surface area contributed by atoms with Crippen molar-refractivity contribution in [2.24, 2.45) is 0 Å². The van der Waals surface area contributed by atoms with Crippen LogP contribution in [-0.2, 0) is 11.3 Å². The van der Waals surface area contributed by atoms with Crippen LogP contribution in [0.3, 0.4) is 0 Å². The first-order valence-electron chi connectivity index (χ1n) is 10.2. The van der Waals surface area contributed by atoms with Crippen LogP contribution in [0.2, 0.25) is 0 Å². The zero-order chi connectivity index (χ0) is 19.3. The molecule has 0 unspecified atom stereocenters. The molecule has 150 valence electrons. The van der Waals surface area contributed by atoms with Gasteiger partial charge in [-0.1, -0.05) is 6.07 Å². The van der Waals surface area contributed by atoms with E-state index in [1.165, 1.54) is 5.69 Å². The molecule has 0 amide bonds. The molecule has 4 heterocycles. The summed E-state index contributed by atoms with van der Waals surface area (Å²) in [6.07, 6.45) is 5.09. The number of rotatable bonds is 7. The van der Waals surface area contributed by atoms with Crippen LogP contribution < -0.4 is 5.32 Å². The molecule has 4 rings (SSSR count). The predicted molar refractivity (Wildman–Crippen MR) is 114 cm³/mol. The second-order valence-corrected chi connectivity index (χ2v) is 7.73. The quantitative estimate of drug-likeness (QED) is 0.722. The SMILES string of the molecule is CCn1cccc1[C@H]1[C@H](c2ccccn2)NC(=S)N1CCCN1CCOCC1. The van der Waals surface area contributed by atoms with Crippen molar-refractivity contribution in [3.63, 3.8) is 0 Å². The van der Waals surface area contributed by atoms with Crippen molar-refractivity contribution in [3.05, 3.63) is 54.1 Å². The summed E-state index contributed by atoms with van der Waals surface area (Å²) >= 11 is 5.76. The minimum absolute atomic E-state index is 0.0669. The number of pyridine rings is 1. The molecule has 28 heavy (non-hydrogen) atoms. The number of hydrogen-bond acceptors (Lipinski definition) is 4. The maximum absolute atomic E-state index is 5.76. The van der Waals surface area contributed by atoms with Crippen LogP contribution in [0.1, 0.15) is 36.8 Å². The van der Waals surface area contributed by atoms with Gasteiger partial charge in [0.25, 0.3) is 0 Å². The van der Waals surface area contributed by atoms with E-state index in [2.05, 4.69) is 56.0 Å². The molecule has 2 aliphatic rings. The van der Waals surface area contributed by atoms with Gasteiger partial charge in [0.1, 0.15) is 0 Å². The fourth-order valence-corrected chi connectivity index (χ4v) is 4.57. The lowest BCUT2D eigenvalue weighted by Gasteiger charge is -2.30. The van der Waals surface area contributed by atoms with E-state index in [0.717, 1.165) is 63.2 Å². The molecule has 1 N–H and O–H groups in total. The van der Waals surface area contributed by atoms with Gasteiger partial charge in [0.15, 0.2) is 5.11 Å². The molecule has 2 atom stereocenters. The van der Waals surface area contributed by atoms with E-state index in [-0.39, 0.29) is 12.1 Å². The first-order chi connectivity index (χ1) is 13.8. The standard InChI is InChI=1S/C21H29N5OS/c1-2-25-11-5-8-18(25)20-19(17-7-3-4-9-22-17)23-21(28)26(20)12-6-10-24-13-15-27-16-14-24/h3-5,7-9,11,19-20H,2,6,10,12-16H2,1H3,(H,23,28)/t19-,20-/m0/s1. The van der Waals surface area contributed by atoms with E-state index in [1.807, 2.05) is 18.3 Å². The Labute approximate surface area is 172 Å². The molecule has 2 aromatic heterocycles. The number of aromatic nitrogens is 2. The van der Waals surface area contributed by atoms with Crippen LogP contribution in [0.5, 0.6) is 0 Å². The topological polar surface area (TPSA) is 45.6 Å². The summed E-state index contributed by atoms with van der Waals surface area (Å²) in [7, 11) is 0. The third-order valence-electron chi connectivity index (χ3n) is 5.68. The molecule has 0 spiro atoms. The Morgan fingerprint density at radius 1 is 1.18 bits per heavy atom. The van der Waals surface area contributed by atoms with Crippen molar-refractivity contribution in [3.8, 4) is 0 Å². The molecule has 2 aliphatic heterocycles. The van der Waals surface area contributed by atoms with Crippen LogP contribution in [0.25, 0.3) is 0 Å². The largest absolute Gasteiger partial charge is 0.379 e. The zero-order valence-electron chi connectivity index (χ0n) is 16.5. The minimum atomic E-state index is 0.0669. The van der Waals surface area contributed by atoms with Gasteiger partial charge in [-0.25, -0.2) is 0 Å². The Morgan fingerprint density at radius 2 is 2.04 bits per heavy atom. The van der Waals surface area contributed by atoms with Gasteiger partial charge in [0, 0.05) is 50.8 Å². The van der Waals surface area contributed by atoms with Gasteiger partial charge in [-0.15, -0.1) is 0 Å². The molecule has 0 saturated carbocycles. The molecule has 0 radical (unpaired) electrons. The van der Waals surface area contributed by atoms with Crippen molar-refractivity contribution < 1.29 is 4.74 Å². The van der Waals surface area contributed by atoms with Gasteiger partial charge in [-0.2, -0.15) is 0 Å². The van der Waals surface area contributed by atoms with Gasteiger partial charge in [0.2, 0.25) is 0 Å². The first kappa shape index (κ1) is 19.4. The molecular formula is C21H29N5OS. The number of ether oxygens (including phenoxy) is 1.